The molecule has 0 spiro atoms. The molecule has 0 saturated heterocycles. The summed E-state index contributed by atoms with van der Waals surface area (Å²) >= 11 is 0. The smallest absolute Gasteiger partial charge is 0.387 e. The van der Waals surface area contributed by atoms with Crippen molar-refractivity contribution in [3.05, 3.63) is 36.0 Å². The predicted octanol–water partition coefficient (Wildman–Crippen LogP) is 4.13. The van der Waals surface area contributed by atoms with Gasteiger partial charge in [0.25, 0.3) is 5.91 Å². The maximum atomic E-state index is 12.4. The zero-order valence-electron chi connectivity index (χ0n) is 13.8. The van der Waals surface area contributed by atoms with Crippen LogP contribution in [0.15, 0.2) is 30.3 Å². The normalized spacial score (nSPS) is 15.8. The second-order valence-corrected chi connectivity index (χ2v) is 6.23. The summed E-state index contributed by atoms with van der Waals surface area (Å²) in [6.07, 6.45) is 6.77. The van der Waals surface area contributed by atoms with Gasteiger partial charge < -0.3 is 10.1 Å². The van der Waals surface area contributed by atoms with Crippen molar-refractivity contribution in [1.29, 1.82) is 0 Å². The summed E-state index contributed by atoms with van der Waals surface area (Å²) in [6, 6.07) is 8.02. The number of carbonyl (C=O) groups excluding carboxylic acids is 1. The first-order valence-electron chi connectivity index (χ1n) is 8.53. The van der Waals surface area contributed by atoms with Gasteiger partial charge in [0.15, 0.2) is 0 Å². The van der Waals surface area contributed by atoms with E-state index in [1.165, 1.54) is 25.0 Å². The number of nitrogens with one attached hydrogen (secondary N) is 2. The second-order valence-electron chi connectivity index (χ2n) is 6.23. The molecule has 2 N–H and O–H groups in total. The molecular weight excluding hydrogens is 328 g/mol. The molecule has 0 atom stereocenters. The van der Waals surface area contributed by atoms with Crippen LogP contribution in [0.5, 0.6) is 5.75 Å². The van der Waals surface area contributed by atoms with Gasteiger partial charge >= 0.3 is 6.61 Å². The molecule has 1 amide bonds. The summed E-state index contributed by atoms with van der Waals surface area (Å²) in [7, 11) is 0. The monoisotopic (exact) mass is 349 g/mol. The van der Waals surface area contributed by atoms with Crippen LogP contribution in [-0.2, 0) is 0 Å². The van der Waals surface area contributed by atoms with E-state index in [1.807, 2.05) is 0 Å². The van der Waals surface area contributed by atoms with Crippen LogP contribution in [0, 0.1) is 0 Å². The third-order valence-electron chi connectivity index (χ3n) is 4.39. The van der Waals surface area contributed by atoms with E-state index < -0.39 is 6.61 Å². The molecule has 1 aliphatic carbocycles. The van der Waals surface area contributed by atoms with Crippen molar-refractivity contribution in [3.63, 3.8) is 0 Å². The third kappa shape index (κ3) is 4.78. The third-order valence-corrected chi connectivity index (χ3v) is 4.39. The summed E-state index contributed by atoms with van der Waals surface area (Å²) in [5.41, 5.74) is 1.69. The minimum absolute atomic E-state index is 0.0839. The molecule has 0 aliphatic heterocycles. The highest BCUT2D eigenvalue weighted by Crippen LogP contribution is 2.23. The van der Waals surface area contributed by atoms with Crippen LogP contribution in [0.4, 0.5) is 8.78 Å². The summed E-state index contributed by atoms with van der Waals surface area (Å²) < 4.78 is 28.7. The fourth-order valence-electron chi connectivity index (χ4n) is 3.08. The van der Waals surface area contributed by atoms with Crippen molar-refractivity contribution in [2.75, 3.05) is 0 Å². The van der Waals surface area contributed by atoms with Gasteiger partial charge in [0.05, 0.1) is 5.69 Å². The first-order chi connectivity index (χ1) is 12.1. The Morgan fingerprint density at radius 2 is 1.84 bits per heavy atom. The Morgan fingerprint density at radius 3 is 2.48 bits per heavy atom. The molecule has 1 aliphatic rings. The van der Waals surface area contributed by atoms with Gasteiger partial charge in [-0.2, -0.15) is 13.9 Å². The van der Waals surface area contributed by atoms with E-state index in [0.29, 0.717) is 17.0 Å². The quantitative estimate of drug-likeness (QED) is 0.798. The number of halogens is 2. The topological polar surface area (TPSA) is 67.0 Å². The van der Waals surface area contributed by atoms with Crippen molar-refractivity contribution in [1.82, 2.24) is 15.5 Å². The molecule has 0 radical (unpaired) electrons. The second kappa shape index (κ2) is 8.09. The van der Waals surface area contributed by atoms with E-state index >= 15 is 0 Å². The maximum Gasteiger partial charge on any atom is 0.387 e. The maximum absolute atomic E-state index is 12.4. The average Bonchev–Trinajstić information content (AvgIpc) is 2.94. The van der Waals surface area contributed by atoms with E-state index in [-0.39, 0.29) is 17.7 Å². The van der Waals surface area contributed by atoms with Crippen molar-refractivity contribution in [3.8, 4) is 17.0 Å². The predicted molar refractivity (Wildman–Crippen MR) is 89.6 cm³/mol. The van der Waals surface area contributed by atoms with Crippen molar-refractivity contribution >= 4 is 5.91 Å². The molecule has 134 valence electrons. The zero-order valence-corrected chi connectivity index (χ0v) is 13.8. The highest BCUT2D eigenvalue weighted by atomic mass is 19.3. The summed E-state index contributed by atoms with van der Waals surface area (Å²) in [5, 5.41) is 9.93. The summed E-state index contributed by atoms with van der Waals surface area (Å²) in [6.45, 7) is -2.85. The van der Waals surface area contributed by atoms with E-state index in [4.69, 9.17) is 0 Å². The Labute approximate surface area is 144 Å². The molecule has 3 rings (SSSR count). The number of aromatic nitrogens is 2. The average molecular weight is 349 g/mol. The van der Waals surface area contributed by atoms with Gasteiger partial charge in [0.1, 0.15) is 11.4 Å². The summed E-state index contributed by atoms with van der Waals surface area (Å²) in [4.78, 5) is 12.4. The molecule has 5 nitrogen and oxygen atoms in total. The lowest BCUT2D eigenvalue weighted by Crippen LogP contribution is -2.34. The van der Waals surface area contributed by atoms with Crippen molar-refractivity contribution in [2.24, 2.45) is 0 Å². The molecule has 0 unspecified atom stereocenters. The Morgan fingerprint density at radius 1 is 1.16 bits per heavy atom. The Hall–Kier alpha value is -2.44. The SMILES string of the molecule is O=C(NC1CCCCCC1)c1cc(-c2ccc(OC(F)F)cc2)n[nH]1. The fourth-order valence-corrected chi connectivity index (χ4v) is 3.08. The van der Waals surface area contributed by atoms with E-state index in [2.05, 4.69) is 20.3 Å². The van der Waals surface area contributed by atoms with Crippen LogP contribution in [-0.4, -0.2) is 28.8 Å². The van der Waals surface area contributed by atoms with Gasteiger partial charge in [-0.1, -0.05) is 25.7 Å². The van der Waals surface area contributed by atoms with E-state index in [9.17, 15) is 13.6 Å². The molecule has 0 bridgehead atoms. The number of alkyl halides is 2. The molecule has 1 heterocycles. The summed E-state index contributed by atoms with van der Waals surface area (Å²) in [5.74, 6) is -0.0797. The number of ether oxygens (including phenoxy) is 1. The largest absolute Gasteiger partial charge is 0.435 e. The number of benzene rings is 1. The van der Waals surface area contributed by atoms with Crippen molar-refractivity contribution in [2.45, 2.75) is 51.2 Å². The van der Waals surface area contributed by atoms with Crippen LogP contribution >= 0.6 is 0 Å². The van der Waals surface area contributed by atoms with Gasteiger partial charge in [-0.05, 0) is 43.2 Å². The van der Waals surface area contributed by atoms with E-state index in [1.54, 1.807) is 18.2 Å². The number of hydrogen-bond acceptors (Lipinski definition) is 3. The van der Waals surface area contributed by atoms with Crippen LogP contribution in [0.2, 0.25) is 0 Å². The fraction of sp³-hybridized carbons (Fsp3) is 0.444. The number of aromatic amines is 1. The highest BCUT2D eigenvalue weighted by molar-refractivity contribution is 5.93. The lowest BCUT2D eigenvalue weighted by Gasteiger charge is -2.15. The van der Waals surface area contributed by atoms with Gasteiger partial charge in [-0.25, -0.2) is 0 Å². The lowest BCUT2D eigenvalue weighted by atomic mass is 10.1. The first kappa shape index (κ1) is 17.4. The lowest BCUT2D eigenvalue weighted by molar-refractivity contribution is -0.0498. The van der Waals surface area contributed by atoms with Crippen LogP contribution in [0.1, 0.15) is 49.0 Å². The number of carbonyl (C=O) groups is 1. The van der Waals surface area contributed by atoms with Crippen LogP contribution < -0.4 is 10.1 Å². The Bertz CT molecular complexity index is 693. The molecule has 25 heavy (non-hydrogen) atoms. The number of amides is 1. The molecular formula is C18H21F2N3O2. The van der Waals surface area contributed by atoms with Crippen LogP contribution in [0.3, 0.4) is 0 Å². The number of hydrogen-bond donors (Lipinski definition) is 2. The highest BCUT2D eigenvalue weighted by Gasteiger charge is 2.17. The van der Waals surface area contributed by atoms with Gasteiger partial charge in [-0.15, -0.1) is 0 Å². The number of rotatable bonds is 5. The van der Waals surface area contributed by atoms with Gasteiger partial charge in [-0.3, -0.25) is 9.89 Å². The van der Waals surface area contributed by atoms with E-state index in [0.717, 1.165) is 25.7 Å². The Kier molecular flexibility index (Phi) is 5.63. The Balaban J connectivity index is 1.64. The molecule has 1 aromatic heterocycles. The molecule has 1 fully saturated rings. The minimum atomic E-state index is -2.85. The molecule has 2 aromatic rings. The number of nitrogens with zero attached hydrogens (tertiary/aromatic N) is 1. The standard InChI is InChI=1S/C18H21F2N3O2/c19-18(20)25-14-9-7-12(8-10-14)15-11-16(23-22-15)17(24)21-13-5-3-1-2-4-6-13/h7-11,13,18H,1-6H2,(H,21,24)(H,22,23). The molecule has 1 aromatic carbocycles. The first-order valence-corrected chi connectivity index (χ1v) is 8.53. The minimum Gasteiger partial charge on any atom is -0.435 e. The zero-order chi connectivity index (χ0) is 17.6. The van der Waals surface area contributed by atoms with Gasteiger partial charge in [0.2, 0.25) is 0 Å². The number of H-pyrrole nitrogens is 1. The van der Waals surface area contributed by atoms with Crippen LogP contribution in [0.25, 0.3) is 11.3 Å². The molecule has 7 heteroatoms. The van der Waals surface area contributed by atoms with Gasteiger partial charge in [0, 0.05) is 11.6 Å². The van der Waals surface area contributed by atoms with Crippen molar-refractivity contribution < 1.29 is 18.3 Å². The molecule has 1 saturated carbocycles.